The number of morpholine rings is 1. The van der Waals surface area contributed by atoms with Gasteiger partial charge in [0, 0.05) is 12.1 Å². The average Bonchev–Trinajstić information content (AvgIpc) is 2.37. The van der Waals surface area contributed by atoms with Crippen LogP contribution in [0.25, 0.3) is 5.57 Å². The van der Waals surface area contributed by atoms with E-state index in [4.69, 9.17) is 4.74 Å². The van der Waals surface area contributed by atoms with Gasteiger partial charge >= 0.3 is 6.61 Å². The van der Waals surface area contributed by atoms with Crippen molar-refractivity contribution in [3.8, 4) is 5.75 Å². The highest BCUT2D eigenvalue weighted by molar-refractivity contribution is 5.72. The van der Waals surface area contributed by atoms with Crippen molar-refractivity contribution in [2.45, 2.75) is 25.1 Å². The summed E-state index contributed by atoms with van der Waals surface area (Å²) in [6.45, 7) is -1.94. The fourth-order valence-corrected chi connectivity index (χ4v) is 2.72. The van der Waals surface area contributed by atoms with E-state index in [1.54, 1.807) is 0 Å². The molecule has 2 heterocycles. The summed E-state index contributed by atoms with van der Waals surface area (Å²) in [4.78, 5) is 0. The monoisotopic (exact) mass is 285 g/mol. The first-order valence-electron chi connectivity index (χ1n) is 6.41. The summed E-state index contributed by atoms with van der Waals surface area (Å²) in [5.41, 5.74) is 0.821. The van der Waals surface area contributed by atoms with Gasteiger partial charge in [0.05, 0.1) is 18.8 Å². The van der Waals surface area contributed by atoms with Crippen LogP contribution in [-0.2, 0) is 4.74 Å². The van der Waals surface area contributed by atoms with Crippen molar-refractivity contribution in [1.82, 2.24) is 5.32 Å². The molecule has 0 spiro atoms. The fraction of sp³-hybridized carbons (Fsp3) is 0.429. The standard InChI is InChI=1S/C14H14F3NO2/c15-11-2-1-3-12(20-14(16)17)13(11)8-4-9-6-19-7-10(5-8)18-9/h1-4,9-10,14,18H,5-7H2. The molecule has 1 aromatic rings. The van der Waals surface area contributed by atoms with Crippen molar-refractivity contribution in [3.63, 3.8) is 0 Å². The molecule has 0 aliphatic carbocycles. The summed E-state index contributed by atoms with van der Waals surface area (Å²) in [7, 11) is 0. The number of hydrogen-bond acceptors (Lipinski definition) is 3. The normalized spacial score (nSPS) is 25.5. The molecule has 108 valence electrons. The lowest BCUT2D eigenvalue weighted by atomic mass is 9.91. The molecule has 0 radical (unpaired) electrons. The molecule has 2 atom stereocenters. The van der Waals surface area contributed by atoms with E-state index in [0.29, 0.717) is 25.2 Å². The molecule has 1 N–H and O–H groups in total. The second-order valence-corrected chi connectivity index (χ2v) is 4.90. The average molecular weight is 285 g/mol. The Kier molecular flexibility index (Phi) is 3.67. The van der Waals surface area contributed by atoms with Gasteiger partial charge in [0.25, 0.3) is 0 Å². The van der Waals surface area contributed by atoms with Crippen molar-refractivity contribution < 1.29 is 22.6 Å². The van der Waals surface area contributed by atoms with Crippen LogP contribution in [0.3, 0.4) is 0 Å². The Balaban J connectivity index is 1.98. The van der Waals surface area contributed by atoms with E-state index >= 15 is 0 Å². The van der Waals surface area contributed by atoms with E-state index in [2.05, 4.69) is 10.1 Å². The summed E-state index contributed by atoms with van der Waals surface area (Å²) in [5, 5.41) is 3.32. The maximum Gasteiger partial charge on any atom is 0.387 e. The van der Waals surface area contributed by atoms with Crippen LogP contribution in [0.5, 0.6) is 5.75 Å². The predicted molar refractivity (Wildman–Crippen MR) is 67.2 cm³/mol. The number of rotatable bonds is 3. The van der Waals surface area contributed by atoms with Gasteiger partial charge in [-0.2, -0.15) is 8.78 Å². The number of fused-ring (bicyclic) bond motifs is 2. The number of halogens is 3. The van der Waals surface area contributed by atoms with E-state index in [1.165, 1.54) is 18.2 Å². The first kappa shape index (κ1) is 13.5. The molecule has 0 saturated carbocycles. The Bertz CT molecular complexity index is 533. The first-order chi connectivity index (χ1) is 9.63. The molecule has 2 unspecified atom stereocenters. The van der Waals surface area contributed by atoms with Gasteiger partial charge < -0.3 is 14.8 Å². The van der Waals surface area contributed by atoms with E-state index < -0.39 is 12.4 Å². The van der Waals surface area contributed by atoms with Crippen LogP contribution in [0.15, 0.2) is 24.3 Å². The third-order valence-electron chi connectivity index (χ3n) is 3.45. The van der Waals surface area contributed by atoms with Gasteiger partial charge in [-0.05, 0) is 24.1 Å². The molecule has 2 aliphatic rings. The zero-order valence-corrected chi connectivity index (χ0v) is 10.6. The van der Waals surface area contributed by atoms with Crippen molar-refractivity contribution >= 4 is 5.57 Å². The Labute approximate surface area is 114 Å². The number of hydrogen-bond donors (Lipinski definition) is 1. The maximum absolute atomic E-state index is 14.0. The van der Waals surface area contributed by atoms with Gasteiger partial charge in [-0.25, -0.2) is 4.39 Å². The molecular formula is C14H14F3NO2. The third kappa shape index (κ3) is 2.66. The molecule has 1 fully saturated rings. The van der Waals surface area contributed by atoms with Gasteiger partial charge in [-0.1, -0.05) is 12.1 Å². The zero-order chi connectivity index (χ0) is 14.1. The molecule has 20 heavy (non-hydrogen) atoms. The van der Waals surface area contributed by atoms with E-state index in [1.807, 2.05) is 6.08 Å². The van der Waals surface area contributed by atoms with Crippen molar-refractivity contribution in [2.75, 3.05) is 13.2 Å². The summed E-state index contributed by atoms with van der Waals surface area (Å²) in [6.07, 6.45) is 2.35. The van der Waals surface area contributed by atoms with Crippen LogP contribution >= 0.6 is 0 Å². The van der Waals surface area contributed by atoms with Crippen LogP contribution in [0, 0.1) is 5.82 Å². The molecular weight excluding hydrogens is 271 g/mol. The molecule has 2 aliphatic heterocycles. The summed E-state index contributed by atoms with van der Waals surface area (Å²) >= 11 is 0. The lowest BCUT2D eigenvalue weighted by Crippen LogP contribution is -2.50. The van der Waals surface area contributed by atoms with Crippen LogP contribution in [0.4, 0.5) is 13.2 Å². The summed E-state index contributed by atoms with van der Waals surface area (Å²) < 4.78 is 48.7. The fourth-order valence-electron chi connectivity index (χ4n) is 2.72. The van der Waals surface area contributed by atoms with Crippen molar-refractivity contribution in [3.05, 3.63) is 35.7 Å². The topological polar surface area (TPSA) is 30.5 Å². The summed E-state index contributed by atoms with van der Waals surface area (Å²) in [6, 6.07) is 4.04. The Hall–Kier alpha value is -1.53. The highest BCUT2D eigenvalue weighted by Crippen LogP contribution is 2.35. The minimum Gasteiger partial charge on any atom is -0.434 e. The molecule has 0 aromatic heterocycles. The van der Waals surface area contributed by atoms with Gasteiger partial charge in [0.2, 0.25) is 0 Å². The highest BCUT2D eigenvalue weighted by atomic mass is 19.3. The Morgan fingerprint density at radius 3 is 2.90 bits per heavy atom. The van der Waals surface area contributed by atoms with Gasteiger partial charge in [0.15, 0.2) is 0 Å². The number of benzene rings is 1. The minimum absolute atomic E-state index is 0.0171. The van der Waals surface area contributed by atoms with Gasteiger partial charge in [-0.3, -0.25) is 0 Å². The van der Waals surface area contributed by atoms with Gasteiger partial charge in [-0.15, -0.1) is 0 Å². The Morgan fingerprint density at radius 1 is 1.30 bits per heavy atom. The third-order valence-corrected chi connectivity index (χ3v) is 3.45. The molecule has 2 bridgehead atoms. The summed E-state index contributed by atoms with van der Waals surface area (Å²) in [5.74, 6) is -0.664. The van der Waals surface area contributed by atoms with Crippen LogP contribution in [0.2, 0.25) is 0 Å². The molecule has 1 aromatic carbocycles. The van der Waals surface area contributed by atoms with Crippen molar-refractivity contribution in [1.29, 1.82) is 0 Å². The maximum atomic E-state index is 14.0. The highest BCUT2D eigenvalue weighted by Gasteiger charge is 2.29. The molecule has 3 rings (SSSR count). The van der Waals surface area contributed by atoms with Crippen LogP contribution in [-0.4, -0.2) is 31.9 Å². The number of nitrogens with one attached hydrogen (secondary N) is 1. The van der Waals surface area contributed by atoms with Crippen LogP contribution in [0.1, 0.15) is 12.0 Å². The molecule has 0 amide bonds. The lowest BCUT2D eigenvalue weighted by Gasteiger charge is -2.35. The molecule has 1 saturated heterocycles. The zero-order valence-electron chi connectivity index (χ0n) is 10.6. The van der Waals surface area contributed by atoms with Gasteiger partial charge in [0.1, 0.15) is 11.6 Å². The lowest BCUT2D eigenvalue weighted by molar-refractivity contribution is -0.0502. The quantitative estimate of drug-likeness (QED) is 0.926. The number of ether oxygens (including phenoxy) is 2. The van der Waals surface area contributed by atoms with E-state index in [-0.39, 0.29) is 23.4 Å². The van der Waals surface area contributed by atoms with E-state index in [0.717, 1.165) is 0 Å². The molecule has 3 nitrogen and oxygen atoms in total. The first-order valence-corrected chi connectivity index (χ1v) is 6.41. The smallest absolute Gasteiger partial charge is 0.387 e. The SMILES string of the molecule is Fc1cccc(OC(F)F)c1C1=CC2COCC(C1)N2. The van der Waals surface area contributed by atoms with E-state index in [9.17, 15) is 13.2 Å². The Morgan fingerprint density at radius 2 is 2.15 bits per heavy atom. The predicted octanol–water partition coefficient (Wildman–Crippen LogP) is 2.57. The second-order valence-electron chi connectivity index (χ2n) is 4.90. The number of alkyl halides is 2. The molecule has 6 heteroatoms. The van der Waals surface area contributed by atoms with Crippen molar-refractivity contribution in [2.24, 2.45) is 0 Å². The largest absolute Gasteiger partial charge is 0.434 e. The minimum atomic E-state index is -2.97. The second kappa shape index (κ2) is 5.46. The van der Waals surface area contributed by atoms with Crippen LogP contribution < -0.4 is 10.1 Å².